The molecule has 1 N–H and O–H groups in total. The van der Waals surface area contributed by atoms with Crippen LogP contribution in [0.1, 0.15) is 24.0 Å². The first-order valence-electron chi connectivity index (χ1n) is 9.71. The molecule has 2 aliphatic rings. The van der Waals surface area contributed by atoms with Crippen LogP contribution in [-0.2, 0) is 16.1 Å². The summed E-state index contributed by atoms with van der Waals surface area (Å²) in [6, 6.07) is 10.8. The minimum Gasteiger partial charge on any atom is -0.481 e. The van der Waals surface area contributed by atoms with Gasteiger partial charge in [0.25, 0.3) is 0 Å². The van der Waals surface area contributed by atoms with Crippen molar-refractivity contribution in [3.8, 4) is 0 Å². The summed E-state index contributed by atoms with van der Waals surface area (Å²) >= 11 is 0. The number of aliphatic imine (C=N–C) groups is 1. The number of carbonyl (C=O) groups is 2. The Bertz CT molecular complexity index is 1130. The van der Waals surface area contributed by atoms with Gasteiger partial charge in [0.15, 0.2) is 17.4 Å². The number of nitrogens with zero attached hydrogens (tertiary/aromatic N) is 2. The first kappa shape index (κ1) is 21.0. The smallest absolute Gasteiger partial charge is 0.313 e. The molecule has 4 rings (SSSR count). The largest absolute Gasteiger partial charge is 0.481 e. The minimum atomic E-state index is -1.49. The molecule has 2 aromatic carbocycles. The van der Waals surface area contributed by atoms with Crippen molar-refractivity contribution >= 4 is 17.5 Å². The molecule has 160 valence electrons. The molecular formula is C23H19F3N2O3. The van der Waals surface area contributed by atoms with Gasteiger partial charge in [-0.05, 0) is 24.6 Å². The molecule has 8 heteroatoms. The maximum absolute atomic E-state index is 14.7. The molecule has 2 aliphatic heterocycles. The molecule has 2 aromatic rings. The van der Waals surface area contributed by atoms with Crippen LogP contribution in [0.15, 0.2) is 58.7 Å². The highest BCUT2D eigenvalue weighted by Gasteiger charge is 2.46. The Hall–Kier alpha value is -3.26. The SMILES string of the molecule is CC1=NC2=C(C(=O)CN(Cc3ccccc3)C2)C(c2c(F)ccc(F)c2F)C1C(=O)O. The lowest BCUT2D eigenvalue weighted by molar-refractivity contribution is -0.139. The fourth-order valence-corrected chi connectivity index (χ4v) is 4.35. The first-order chi connectivity index (χ1) is 14.8. The molecule has 2 unspecified atom stereocenters. The first-order valence-corrected chi connectivity index (χ1v) is 9.71. The Morgan fingerprint density at radius 1 is 1.10 bits per heavy atom. The van der Waals surface area contributed by atoms with Gasteiger partial charge in [-0.15, -0.1) is 0 Å². The summed E-state index contributed by atoms with van der Waals surface area (Å²) in [5.74, 6) is -8.74. The van der Waals surface area contributed by atoms with Crippen LogP contribution in [0.25, 0.3) is 0 Å². The molecule has 0 aliphatic carbocycles. The van der Waals surface area contributed by atoms with E-state index >= 15 is 0 Å². The van der Waals surface area contributed by atoms with Crippen LogP contribution < -0.4 is 0 Å². The van der Waals surface area contributed by atoms with E-state index in [-0.39, 0.29) is 30.1 Å². The van der Waals surface area contributed by atoms with Crippen LogP contribution in [0.5, 0.6) is 0 Å². The van der Waals surface area contributed by atoms with Crippen molar-refractivity contribution in [1.82, 2.24) is 4.90 Å². The second-order valence-corrected chi connectivity index (χ2v) is 7.72. The number of rotatable bonds is 4. The van der Waals surface area contributed by atoms with E-state index < -0.39 is 46.6 Å². The van der Waals surface area contributed by atoms with Crippen LogP contribution in [0, 0.1) is 23.4 Å². The highest BCUT2D eigenvalue weighted by atomic mass is 19.2. The molecule has 0 saturated carbocycles. The van der Waals surface area contributed by atoms with Crippen LogP contribution in [0.2, 0.25) is 0 Å². The predicted molar refractivity (Wildman–Crippen MR) is 107 cm³/mol. The normalized spacial score (nSPS) is 21.7. The minimum absolute atomic E-state index is 0.0642. The number of hydrogen-bond acceptors (Lipinski definition) is 4. The maximum Gasteiger partial charge on any atom is 0.313 e. The van der Waals surface area contributed by atoms with E-state index in [2.05, 4.69) is 4.99 Å². The summed E-state index contributed by atoms with van der Waals surface area (Å²) in [6.07, 6.45) is 0. The Balaban J connectivity index is 1.81. The molecule has 31 heavy (non-hydrogen) atoms. The van der Waals surface area contributed by atoms with Gasteiger partial charge in [0.05, 0.1) is 12.2 Å². The number of halogens is 3. The Labute approximate surface area is 176 Å². The zero-order valence-electron chi connectivity index (χ0n) is 16.6. The average Bonchev–Trinajstić information content (AvgIpc) is 2.71. The fourth-order valence-electron chi connectivity index (χ4n) is 4.35. The van der Waals surface area contributed by atoms with Gasteiger partial charge in [-0.25, -0.2) is 13.2 Å². The number of ketones is 1. The lowest BCUT2D eigenvalue weighted by Crippen LogP contribution is -2.44. The van der Waals surface area contributed by atoms with Crippen molar-refractivity contribution in [2.75, 3.05) is 13.1 Å². The third-order valence-electron chi connectivity index (χ3n) is 5.66. The van der Waals surface area contributed by atoms with Crippen LogP contribution >= 0.6 is 0 Å². The standard InChI is InChI=1S/C23H19F3N2O3/c1-12-18(23(30)31)21(19-14(24)7-8-15(25)22(19)26)20-16(27-12)10-28(11-17(20)29)9-13-5-3-2-4-6-13/h2-8,18,21H,9-11H2,1H3,(H,30,31). The van der Waals surface area contributed by atoms with E-state index in [4.69, 9.17) is 0 Å². The molecule has 0 spiro atoms. The van der Waals surface area contributed by atoms with Crippen molar-refractivity contribution in [3.63, 3.8) is 0 Å². The molecule has 0 fully saturated rings. The maximum atomic E-state index is 14.7. The molecule has 2 heterocycles. The molecule has 0 aromatic heterocycles. The third kappa shape index (κ3) is 3.79. The van der Waals surface area contributed by atoms with Crippen LogP contribution in [0.4, 0.5) is 13.2 Å². The van der Waals surface area contributed by atoms with E-state index in [9.17, 15) is 27.9 Å². The predicted octanol–water partition coefficient (Wildman–Crippen LogP) is 3.70. The van der Waals surface area contributed by atoms with Crippen molar-refractivity contribution in [3.05, 3.63) is 82.3 Å². The van der Waals surface area contributed by atoms with Crippen molar-refractivity contribution in [2.45, 2.75) is 19.4 Å². The van der Waals surface area contributed by atoms with Crippen molar-refractivity contribution in [1.29, 1.82) is 0 Å². The number of carbonyl (C=O) groups excluding carboxylic acids is 1. The molecule has 0 saturated heterocycles. The topological polar surface area (TPSA) is 70.0 Å². The Morgan fingerprint density at radius 2 is 1.77 bits per heavy atom. The van der Waals surface area contributed by atoms with Crippen molar-refractivity contribution < 1.29 is 27.9 Å². The summed E-state index contributed by atoms with van der Waals surface area (Å²) < 4.78 is 43.3. The highest BCUT2D eigenvalue weighted by Crippen LogP contribution is 2.43. The van der Waals surface area contributed by atoms with Crippen molar-refractivity contribution in [2.24, 2.45) is 10.9 Å². The van der Waals surface area contributed by atoms with E-state index in [0.29, 0.717) is 12.6 Å². The zero-order chi connectivity index (χ0) is 22.3. The molecule has 0 amide bonds. The molecule has 2 atom stereocenters. The molecule has 5 nitrogen and oxygen atoms in total. The van der Waals surface area contributed by atoms with Gasteiger partial charge < -0.3 is 5.11 Å². The average molecular weight is 428 g/mol. The fraction of sp³-hybridized carbons (Fsp3) is 0.261. The number of carboxylic acids is 1. The van der Waals surface area contributed by atoms with E-state index in [1.807, 2.05) is 35.2 Å². The summed E-state index contributed by atoms with van der Waals surface area (Å²) in [7, 11) is 0. The molecule has 0 bridgehead atoms. The second kappa shape index (κ2) is 8.11. The Morgan fingerprint density at radius 3 is 2.45 bits per heavy atom. The number of aliphatic carboxylic acids is 1. The van der Waals surface area contributed by atoms with Crippen LogP contribution in [-0.4, -0.2) is 40.6 Å². The third-order valence-corrected chi connectivity index (χ3v) is 5.66. The Kier molecular flexibility index (Phi) is 5.49. The number of hydrogen-bond donors (Lipinski definition) is 1. The van der Waals surface area contributed by atoms with Gasteiger partial charge >= 0.3 is 5.97 Å². The number of Topliss-reactive ketones (excluding diaryl/α,β-unsaturated/α-hetero) is 1. The van der Waals surface area contributed by atoms with Gasteiger partial charge in [0.1, 0.15) is 11.7 Å². The van der Waals surface area contributed by atoms with E-state index in [0.717, 1.165) is 11.6 Å². The van der Waals surface area contributed by atoms with Gasteiger partial charge in [-0.2, -0.15) is 0 Å². The molecule has 0 radical (unpaired) electrons. The zero-order valence-corrected chi connectivity index (χ0v) is 16.6. The number of carboxylic acid groups (broad SMARTS) is 1. The van der Waals surface area contributed by atoms with Gasteiger partial charge in [0, 0.05) is 35.9 Å². The summed E-state index contributed by atoms with van der Waals surface area (Å²) in [6.45, 7) is 2.03. The summed E-state index contributed by atoms with van der Waals surface area (Å²) in [5, 5.41) is 9.75. The second-order valence-electron chi connectivity index (χ2n) is 7.72. The lowest BCUT2D eigenvalue weighted by Gasteiger charge is -2.37. The van der Waals surface area contributed by atoms with Crippen LogP contribution in [0.3, 0.4) is 0 Å². The van der Waals surface area contributed by atoms with Gasteiger partial charge in [0.2, 0.25) is 0 Å². The van der Waals surface area contributed by atoms with Gasteiger partial charge in [-0.3, -0.25) is 19.5 Å². The highest BCUT2D eigenvalue weighted by molar-refractivity contribution is 6.09. The monoisotopic (exact) mass is 428 g/mol. The summed E-state index contributed by atoms with van der Waals surface area (Å²) in [4.78, 5) is 31.2. The lowest BCUT2D eigenvalue weighted by atomic mass is 9.73. The quantitative estimate of drug-likeness (QED) is 0.754. The number of benzene rings is 2. The van der Waals surface area contributed by atoms with E-state index in [1.165, 1.54) is 6.92 Å². The summed E-state index contributed by atoms with van der Waals surface area (Å²) in [5.41, 5.74) is 0.520. The van der Waals surface area contributed by atoms with E-state index in [1.54, 1.807) is 0 Å². The van der Waals surface area contributed by atoms with Gasteiger partial charge in [-0.1, -0.05) is 30.3 Å². The molecular weight excluding hydrogens is 409 g/mol.